The molecular weight excluding hydrogens is 170 g/mol. The van der Waals surface area contributed by atoms with Crippen LogP contribution in [-0.4, -0.2) is 17.9 Å². The van der Waals surface area contributed by atoms with Crippen molar-refractivity contribution in [1.29, 1.82) is 0 Å². The Kier molecular flexibility index (Phi) is 1.92. The lowest BCUT2D eigenvalue weighted by Crippen LogP contribution is -2.20. The lowest BCUT2D eigenvalue weighted by molar-refractivity contribution is -0.00567. The smallest absolute Gasteiger partial charge is 0.227 e. The number of rotatable bonds is 2. The molecule has 0 aromatic carbocycles. The van der Waals surface area contributed by atoms with Gasteiger partial charge in [0.1, 0.15) is 5.60 Å². The van der Waals surface area contributed by atoms with Crippen LogP contribution in [0.3, 0.4) is 0 Å². The molecule has 0 saturated carbocycles. The third kappa shape index (κ3) is 1.37. The Morgan fingerprint density at radius 1 is 1.69 bits per heavy atom. The maximum Gasteiger partial charge on any atom is 0.227 e. The highest BCUT2D eigenvalue weighted by Crippen LogP contribution is 2.34. The minimum atomic E-state index is -0.429. The standard InChI is InChI=1S/C9H11NO3/c1-9(3-2-4-12-9)8-10-5-7(6-11)13-8/h5-6H,2-4H2,1H3. The van der Waals surface area contributed by atoms with Crippen molar-refractivity contribution in [3.05, 3.63) is 17.8 Å². The second-order valence-corrected chi connectivity index (χ2v) is 3.37. The van der Waals surface area contributed by atoms with Crippen molar-refractivity contribution in [3.63, 3.8) is 0 Å². The number of carbonyl (C=O) groups excluding carboxylic acids is 1. The molecule has 1 aliphatic rings. The third-order valence-corrected chi connectivity index (χ3v) is 2.31. The van der Waals surface area contributed by atoms with Crippen LogP contribution in [0.15, 0.2) is 10.6 Å². The summed E-state index contributed by atoms with van der Waals surface area (Å²) in [7, 11) is 0. The molecule has 2 heterocycles. The molecule has 0 N–H and O–H groups in total. The van der Waals surface area contributed by atoms with Gasteiger partial charge in [0.15, 0.2) is 12.0 Å². The quantitative estimate of drug-likeness (QED) is 0.649. The lowest BCUT2D eigenvalue weighted by Gasteiger charge is -2.17. The minimum Gasteiger partial charge on any atom is -0.435 e. The Hall–Kier alpha value is -1.16. The first-order valence-corrected chi connectivity index (χ1v) is 4.30. The molecule has 0 aliphatic carbocycles. The zero-order chi connectivity index (χ0) is 9.31. The molecule has 0 spiro atoms. The Morgan fingerprint density at radius 2 is 2.54 bits per heavy atom. The SMILES string of the molecule is CC1(c2ncc(C=O)o2)CCCO1. The van der Waals surface area contributed by atoms with Gasteiger partial charge in [0.2, 0.25) is 5.89 Å². The van der Waals surface area contributed by atoms with E-state index in [0.29, 0.717) is 12.2 Å². The molecule has 0 bridgehead atoms. The van der Waals surface area contributed by atoms with Gasteiger partial charge in [0.05, 0.1) is 6.20 Å². The van der Waals surface area contributed by atoms with Crippen molar-refractivity contribution in [2.24, 2.45) is 0 Å². The Labute approximate surface area is 75.9 Å². The van der Waals surface area contributed by atoms with Crippen molar-refractivity contribution in [2.75, 3.05) is 6.61 Å². The number of ether oxygens (including phenoxy) is 1. The molecule has 0 radical (unpaired) electrons. The third-order valence-electron chi connectivity index (χ3n) is 2.31. The van der Waals surface area contributed by atoms with Crippen LogP contribution in [0, 0.1) is 0 Å². The number of aldehydes is 1. The van der Waals surface area contributed by atoms with Gasteiger partial charge >= 0.3 is 0 Å². The largest absolute Gasteiger partial charge is 0.435 e. The van der Waals surface area contributed by atoms with Gasteiger partial charge in [-0.25, -0.2) is 4.98 Å². The molecule has 1 atom stereocenters. The van der Waals surface area contributed by atoms with E-state index in [9.17, 15) is 4.79 Å². The first-order valence-electron chi connectivity index (χ1n) is 4.30. The summed E-state index contributed by atoms with van der Waals surface area (Å²) in [5, 5.41) is 0. The van der Waals surface area contributed by atoms with Crippen molar-refractivity contribution >= 4 is 6.29 Å². The van der Waals surface area contributed by atoms with Gasteiger partial charge in [0.25, 0.3) is 0 Å². The zero-order valence-electron chi connectivity index (χ0n) is 7.45. The number of hydrogen-bond acceptors (Lipinski definition) is 4. The van der Waals surface area contributed by atoms with Crippen molar-refractivity contribution < 1.29 is 13.9 Å². The number of hydrogen-bond donors (Lipinski definition) is 0. The molecule has 1 aromatic heterocycles. The molecule has 1 fully saturated rings. The van der Waals surface area contributed by atoms with Crippen LogP contribution in [0.5, 0.6) is 0 Å². The molecule has 4 heteroatoms. The molecule has 1 aliphatic heterocycles. The van der Waals surface area contributed by atoms with Gasteiger partial charge < -0.3 is 9.15 Å². The predicted molar refractivity (Wildman–Crippen MR) is 44.4 cm³/mol. The van der Waals surface area contributed by atoms with Crippen LogP contribution >= 0.6 is 0 Å². The fourth-order valence-electron chi connectivity index (χ4n) is 1.53. The highest BCUT2D eigenvalue weighted by Gasteiger charge is 2.36. The van der Waals surface area contributed by atoms with Crippen molar-refractivity contribution in [1.82, 2.24) is 4.98 Å². The number of aromatic nitrogens is 1. The summed E-state index contributed by atoms with van der Waals surface area (Å²) in [6.07, 6.45) is 3.98. The van der Waals surface area contributed by atoms with Crippen molar-refractivity contribution in [2.45, 2.75) is 25.4 Å². The van der Waals surface area contributed by atoms with E-state index in [4.69, 9.17) is 9.15 Å². The van der Waals surface area contributed by atoms with E-state index in [0.717, 1.165) is 19.4 Å². The predicted octanol–water partition coefficient (Wildman–Crippen LogP) is 1.51. The van der Waals surface area contributed by atoms with Crippen LogP contribution in [0.25, 0.3) is 0 Å². The number of nitrogens with zero attached hydrogens (tertiary/aromatic N) is 1. The fraction of sp³-hybridized carbons (Fsp3) is 0.556. The van der Waals surface area contributed by atoms with Crippen molar-refractivity contribution in [3.8, 4) is 0 Å². The van der Waals surface area contributed by atoms with Gasteiger partial charge in [-0.2, -0.15) is 0 Å². The highest BCUT2D eigenvalue weighted by atomic mass is 16.5. The summed E-state index contributed by atoms with van der Waals surface area (Å²) in [6.45, 7) is 2.66. The van der Waals surface area contributed by atoms with E-state index in [2.05, 4.69) is 4.98 Å². The molecule has 4 nitrogen and oxygen atoms in total. The first-order chi connectivity index (χ1) is 6.24. The first kappa shape index (κ1) is 8.44. The molecule has 1 aromatic rings. The summed E-state index contributed by atoms with van der Waals surface area (Å²) in [4.78, 5) is 14.4. The van der Waals surface area contributed by atoms with Gasteiger partial charge in [-0.3, -0.25) is 4.79 Å². The van der Waals surface area contributed by atoms with E-state index in [1.165, 1.54) is 6.20 Å². The molecule has 70 valence electrons. The molecule has 13 heavy (non-hydrogen) atoms. The molecule has 2 rings (SSSR count). The highest BCUT2D eigenvalue weighted by molar-refractivity contribution is 5.69. The van der Waals surface area contributed by atoms with E-state index in [-0.39, 0.29) is 5.76 Å². The van der Waals surface area contributed by atoms with E-state index in [1.54, 1.807) is 0 Å². The van der Waals surface area contributed by atoms with Gasteiger partial charge in [-0.15, -0.1) is 0 Å². The molecule has 1 unspecified atom stereocenters. The molecule has 1 saturated heterocycles. The molecular formula is C9H11NO3. The summed E-state index contributed by atoms with van der Waals surface area (Å²) in [5.41, 5.74) is -0.429. The average molecular weight is 181 g/mol. The Balaban J connectivity index is 2.28. The van der Waals surface area contributed by atoms with E-state index >= 15 is 0 Å². The van der Waals surface area contributed by atoms with Crippen LogP contribution in [0.4, 0.5) is 0 Å². The number of carbonyl (C=O) groups is 1. The second-order valence-electron chi connectivity index (χ2n) is 3.37. The summed E-state index contributed by atoms with van der Waals surface area (Å²) < 4.78 is 10.7. The average Bonchev–Trinajstić information content (AvgIpc) is 2.72. The molecule has 0 amide bonds. The van der Waals surface area contributed by atoms with Gasteiger partial charge in [-0.05, 0) is 19.8 Å². The van der Waals surface area contributed by atoms with Crippen LogP contribution < -0.4 is 0 Å². The minimum absolute atomic E-state index is 0.256. The normalized spacial score (nSPS) is 27.8. The maximum absolute atomic E-state index is 10.4. The second kappa shape index (κ2) is 2.96. The fourth-order valence-corrected chi connectivity index (χ4v) is 1.53. The monoisotopic (exact) mass is 181 g/mol. The lowest BCUT2D eigenvalue weighted by atomic mass is 10.0. The summed E-state index contributed by atoms with van der Waals surface area (Å²) >= 11 is 0. The van der Waals surface area contributed by atoms with Crippen LogP contribution in [0.1, 0.15) is 36.2 Å². The van der Waals surface area contributed by atoms with Crippen LogP contribution in [-0.2, 0) is 10.3 Å². The van der Waals surface area contributed by atoms with Gasteiger partial charge in [-0.1, -0.05) is 0 Å². The summed E-state index contributed by atoms with van der Waals surface area (Å²) in [6, 6.07) is 0. The zero-order valence-corrected chi connectivity index (χ0v) is 7.45. The number of oxazole rings is 1. The summed E-state index contributed by atoms with van der Waals surface area (Å²) in [5.74, 6) is 0.763. The van der Waals surface area contributed by atoms with Crippen LogP contribution in [0.2, 0.25) is 0 Å². The topological polar surface area (TPSA) is 52.3 Å². The van der Waals surface area contributed by atoms with Gasteiger partial charge in [0, 0.05) is 6.61 Å². The Morgan fingerprint density at radius 3 is 3.08 bits per heavy atom. The maximum atomic E-state index is 10.4. The Bertz CT molecular complexity index is 312. The van der Waals surface area contributed by atoms with E-state index < -0.39 is 5.60 Å². The van der Waals surface area contributed by atoms with E-state index in [1.807, 2.05) is 6.92 Å².